The molecule has 3 aromatic rings. The van der Waals surface area contributed by atoms with Gasteiger partial charge in [0.25, 0.3) is 0 Å². The number of anilines is 1. The fourth-order valence-electron chi connectivity index (χ4n) is 2.55. The maximum absolute atomic E-state index is 12.3. The number of amides is 1. The number of oxazole rings is 1. The van der Waals surface area contributed by atoms with Crippen molar-refractivity contribution in [2.24, 2.45) is 0 Å². The second-order valence-corrected chi connectivity index (χ2v) is 6.66. The minimum absolute atomic E-state index is 0.163. The monoisotopic (exact) mass is 430 g/mol. The molecule has 0 aliphatic rings. The van der Waals surface area contributed by atoms with Crippen LogP contribution in [-0.2, 0) is 11.2 Å². The zero-order valence-corrected chi connectivity index (χ0v) is 16.6. The van der Waals surface area contributed by atoms with E-state index in [0.717, 1.165) is 10.0 Å². The molecule has 0 aliphatic carbocycles. The number of halogens is 1. The Morgan fingerprint density at radius 1 is 1.19 bits per heavy atom. The van der Waals surface area contributed by atoms with Crippen molar-refractivity contribution in [1.29, 1.82) is 0 Å². The molecule has 0 atom stereocenters. The van der Waals surface area contributed by atoms with Crippen LogP contribution in [0.25, 0.3) is 11.3 Å². The van der Waals surface area contributed by atoms with Gasteiger partial charge in [-0.25, -0.2) is 4.98 Å². The third-order valence-electron chi connectivity index (χ3n) is 3.91. The van der Waals surface area contributed by atoms with Gasteiger partial charge in [0.15, 0.2) is 11.7 Å². The molecule has 1 amide bonds. The van der Waals surface area contributed by atoms with Crippen molar-refractivity contribution in [3.05, 3.63) is 59.0 Å². The molecule has 7 heteroatoms. The van der Waals surface area contributed by atoms with Gasteiger partial charge in [-0.1, -0.05) is 28.1 Å². The van der Waals surface area contributed by atoms with Crippen LogP contribution >= 0.6 is 15.9 Å². The average Bonchev–Trinajstić information content (AvgIpc) is 3.15. The molecule has 6 nitrogen and oxygen atoms in total. The number of rotatable bonds is 7. The highest BCUT2D eigenvalue weighted by Gasteiger charge is 2.12. The summed E-state index contributed by atoms with van der Waals surface area (Å²) in [5, 5.41) is 2.83. The Morgan fingerprint density at radius 2 is 2.04 bits per heavy atom. The third-order valence-corrected chi connectivity index (χ3v) is 4.40. The lowest BCUT2D eigenvalue weighted by Crippen LogP contribution is -2.13. The summed E-state index contributed by atoms with van der Waals surface area (Å²) in [7, 11) is 3.12. The summed E-state index contributed by atoms with van der Waals surface area (Å²) >= 11 is 3.44. The van der Waals surface area contributed by atoms with E-state index in [1.165, 1.54) is 0 Å². The smallest absolute Gasteiger partial charge is 0.224 e. The van der Waals surface area contributed by atoms with E-state index in [0.29, 0.717) is 35.3 Å². The van der Waals surface area contributed by atoms with Gasteiger partial charge in [0.1, 0.15) is 11.5 Å². The Hall–Kier alpha value is -2.80. The van der Waals surface area contributed by atoms with Crippen LogP contribution in [0.4, 0.5) is 5.69 Å². The van der Waals surface area contributed by atoms with Gasteiger partial charge < -0.3 is 19.2 Å². The third kappa shape index (κ3) is 4.89. The molecule has 0 aliphatic heterocycles. The van der Waals surface area contributed by atoms with Crippen molar-refractivity contribution < 1.29 is 18.7 Å². The van der Waals surface area contributed by atoms with E-state index >= 15 is 0 Å². The predicted molar refractivity (Wildman–Crippen MR) is 106 cm³/mol. The highest BCUT2D eigenvalue weighted by atomic mass is 79.9. The summed E-state index contributed by atoms with van der Waals surface area (Å²) in [6.07, 6.45) is 2.30. The van der Waals surface area contributed by atoms with Gasteiger partial charge in [-0.05, 0) is 24.3 Å². The van der Waals surface area contributed by atoms with Crippen molar-refractivity contribution in [3.8, 4) is 22.8 Å². The summed E-state index contributed by atoms with van der Waals surface area (Å²) in [5.41, 5.74) is 1.48. The Bertz CT molecular complexity index is 939. The van der Waals surface area contributed by atoms with Crippen molar-refractivity contribution in [3.63, 3.8) is 0 Å². The van der Waals surface area contributed by atoms with Gasteiger partial charge in [-0.15, -0.1) is 0 Å². The van der Waals surface area contributed by atoms with Crippen LogP contribution in [-0.4, -0.2) is 25.1 Å². The first-order chi connectivity index (χ1) is 13.1. The molecule has 2 aromatic carbocycles. The second kappa shape index (κ2) is 8.73. The Kier molecular flexibility index (Phi) is 6.13. The molecule has 0 spiro atoms. The number of carbonyl (C=O) groups is 1. The number of benzene rings is 2. The lowest BCUT2D eigenvalue weighted by Gasteiger charge is -2.11. The summed E-state index contributed by atoms with van der Waals surface area (Å²) in [6.45, 7) is 0. The van der Waals surface area contributed by atoms with E-state index < -0.39 is 0 Å². The predicted octanol–water partition coefficient (Wildman–Crippen LogP) is 4.69. The Labute approximate surface area is 165 Å². The normalized spacial score (nSPS) is 10.5. The lowest BCUT2D eigenvalue weighted by atomic mass is 10.2. The van der Waals surface area contributed by atoms with Crippen molar-refractivity contribution >= 4 is 27.5 Å². The van der Waals surface area contributed by atoms with Gasteiger partial charge in [0.05, 0.1) is 26.1 Å². The first-order valence-electron chi connectivity index (χ1n) is 8.31. The molecule has 0 bridgehead atoms. The first-order valence-corrected chi connectivity index (χ1v) is 9.11. The minimum Gasteiger partial charge on any atom is -0.497 e. The zero-order chi connectivity index (χ0) is 19.2. The maximum atomic E-state index is 12.3. The molecule has 27 heavy (non-hydrogen) atoms. The highest BCUT2D eigenvalue weighted by molar-refractivity contribution is 9.10. The number of ether oxygens (including phenoxy) is 2. The average molecular weight is 431 g/mol. The number of nitrogens with one attached hydrogen (secondary N) is 1. The molecule has 3 rings (SSSR count). The Balaban J connectivity index is 1.62. The van der Waals surface area contributed by atoms with Crippen LogP contribution in [0.5, 0.6) is 11.5 Å². The number of methoxy groups -OCH3 is 2. The van der Waals surface area contributed by atoms with Gasteiger partial charge in [-0.2, -0.15) is 0 Å². The molecule has 140 valence electrons. The minimum atomic E-state index is -0.163. The SMILES string of the molecule is COc1ccc(OC)c(NC(=O)CCc2ncc(-c3cccc(Br)c3)o2)c1. The fourth-order valence-corrected chi connectivity index (χ4v) is 2.95. The van der Waals surface area contributed by atoms with Crippen molar-refractivity contribution in [2.75, 3.05) is 19.5 Å². The van der Waals surface area contributed by atoms with Crippen LogP contribution in [0.3, 0.4) is 0 Å². The van der Waals surface area contributed by atoms with Gasteiger partial charge in [-0.3, -0.25) is 4.79 Å². The van der Waals surface area contributed by atoms with Crippen LogP contribution in [0.2, 0.25) is 0 Å². The lowest BCUT2D eigenvalue weighted by molar-refractivity contribution is -0.116. The van der Waals surface area contributed by atoms with Crippen LogP contribution in [0.15, 0.2) is 57.6 Å². The summed E-state index contributed by atoms with van der Waals surface area (Å²) in [5.74, 6) is 2.22. The highest BCUT2D eigenvalue weighted by Crippen LogP contribution is 2.29. The number of carbonyl (C=O) groups excluding carboxylic acids is 1. The fraction of sp³-hybridized carbons (Fsp3) is 0.200. The van der Waals surface area contributed by atoms with E-state index in [2.05, 4.69) is 26.2 Å². The molecule has 1 N–H and O–H groups in total. The van der Waals surface area contributed by atoms with Crippen LogP contribution in [0, 0.1) is 0 Å². The number of hydrogen-bond donors (Lipinski definition) is 1. The molecule has 0 saturated heterocycles. The maximum Gasteiger partial charge on any atom is 0.224 e. The van der Waals surface area contributed by atoms with Crippen molar-refractivity contribution in [1.82, 2.24) is 4.98 Å². The molecule has 1 aromatic heterocycles. The van der Waals surface area contributed by atoms with E-state index in [1.807, 2.05) is 24.3 Å². The largest absolute Gasteiger partial charge is 0.497 e. The molecule has 1 heterocycles. The molecule has 0 unspecified atom stereocenters. The topological polar surface area (TPSA) is 73.6 Å². The van der Waals surface area contributed by atoms with Crippen molar-refractivity contribution in [2.45, 2.75) is 12.8 Å². The van der Waals surface area contributed by atoms with Crippen LogP contribution in [0.1, 0.15) is 12.3 Å². The van der Waals surface area contributed by atoms with E-state index in [1.54, 1.807) is 38.6 Å². The number of hydrogen-bond acceptors (Lipinski definition) is 5. The summed E-state index contributed by atoms with van der Waals surface area (Å²) in [4.78, 5) is 16.5. The molecule has 0 radical (unpaired) electrons. The molecule has 0 saturated carbocycles. The first kappa shape index (κ1) is 19.0. The quantitative estimate of drug-likeness (QED) is 0.588. The van der Waals surface area contributed by atoms with Gasteiger partial charge in [0.2, 0.25) is 5.91 Å². The number of aryl methyl sites for hydroxylation is 1. The van der Waals surface area contributed by atoms with E-state index in [-0.39, 0.29) is 12.3 Å². The standard InChI is InChI=1S/C20H19BrN2O4/c1-25-15-6-7-17(26-2)16(11-15)23-19(24)8-9-20-22-12-18(27-20)13-4-3-5-14(21)10-13/h3-7,10-12H,8-9H2,1-2H3,(H,23,24). The van der Waals surface area contributed by atoms with Crippen LogP contribution < -0.4 is 14.8 Å². The molecular weight excluding hydrogens is 412 g/mol. The zero-order valence-electron chi connectivity index (χ0n) is 15.0. The number of nitrogens with zero attached hydrogens (tertiary/aromatic N) is 1. The second-order valence-electron chi connectivity index (χ2n) is 5.74. The van der Waals surface area contributed by atoms with Gasteiger partial charge >= 0.3 is 0 Å². The number of aromatic nitrogens is 1. The van der Waals surface area contributed by atoms with E-state index in [9.17, 15) is 4.79 Å². The molecular formula is C20H19BrN2O4. The Morgan fingerprint density at radius 3 is 2.78 bits per heavy atom. The van der Waals surface area contributed by atoms with Gasteiger partial charge in [0, 0.05) is 28.9 Å². The summed E-state index contributed by atoms with van der Waals surface area (Å²) < 4.78 is 17.2. The molecule has 0 fully saturated rings. The summed E-state index contributed by atoms with van der Waals surface area (Å²) in [6, 6.07) is 13.0. The van der Waals surface area contributed by atoms with E-state index in [4.69, 9.17) is 13.9 Å².